The van der Waals surface area contributed by atoms with Crippen molar-refractivity contribution >= 4 is 29.5 Å². The van der Waals surface area contributed by atoms with E-state index in [0.717, 1.165) is 0 Å². The lowest BCUT2D eigenvalue weighted by Gasteiger charge is -2.10. The zero-order chi connectivity index (χ0) is 41.9. The molecule has 0 bridgehead atoms. The number of sulfone groups is 3. The first-order chi connectivity index (χ1) is 28.3. The Kier molecular flexibility index (Phi) is 13.8. The van der Waals surface area contributed by atoms with Gasteiger partial charge in [0.05, 0.1) is 55.8 Å². The maximum absolute atomic E-state index is 13.3. The maximum atomic E-state index is 13.3. The fourth-order valence-electron chi connectivity index (χ4n) is 5.69. The number of ether oxygens (including phenoxy) is 4. The Morgan fingerprint density at radius 3 is 0.644 bits per heavy atom. The Hall–Kier alpha value is -6.03. The summed E-state index contributed by atoms with van der Waals surface area (Å²) < 4.78 is 101. The number of rotatable bonds is 20. The van der Waals surface area contributed by atoms with Crippen molar-refractivity contribution in [3.05, 3.63) is 146 Å². The van der Waals surface area contributed by atoms with Crippen molar-refractivity contribution in [2.24, 2.45) is 0 Å². The van der Waals surface area contributed by atoms with E-state index in [-0.39, 0.29) is 40.9 Å². The Labute approximate surface area is 344 Å². The summed E-state index contributed by atoms with van der Waals surface area (Å²) in [6.45, 7) is 1.56. The van der Waals surface area contributed by atoms with Crippen molar-refractivity contribution in [1.29, 1.82) is 0 Å². The number of hydrogen-bond acceptors (Lipinski definition) is 12. The van der Waals surface area contributed by atoms with Gasteiger partial charge in [-0.05, 0) is 171 Å². The van der Waals surface area contributed by atoms with Crippen LogP contribution in [0.1, 0.15) is 25.7 Å². The van der Waals surface area contributed by atoms with E-state index >= 15 is 0 Å². The third-order valence-corrected chi connectivity index (χ3v) is 14.3. The van der Waals surface area contributed by atoms with Gasteiger partial charge in [-0.1, -0.05) is 0 Å². The van der Waals surface area contributed by atoms with Crippen LogP contribution in [0.5, 0.6) is 34.5 Å². The van der Waals surface area contributed by atoms with Crippen LogP contribution in [-0.2, 0) is 29.5 Å². The van der Waals surface area contributed by atoms with Gasteiger partial charge in [0.25, 0.3) is 0 Å². The van der Waals surface area contributed by atoms with Gasteiger partial charge in [-0.3, -0.25) is 0 Å². The number of phenolic OH excluding ortho intramolecular Hbond substituents is 2. The molecule has 308 valence electrons. The first-order valence-corrected chi connectivity index (χ1v) is 23.0. The predicted molar refractivity (Wildman–Crippen MR) is 219 cm³/mol. The molecule has 0 aliphatic rings. The number of benzene rings is 6. The van der Waals surface area contributed by atoms with Gasteiger partial charge in [0.15, 0.2) is 0 Å². The molecular formula is C44H42O12S3. The molecule has 0 aromatic heterocycles. The summed E-state index contributed by atoms with van der Waals surface area (Å²) in [6.07, 6.45) is 2.69. The van der Waals surface area contributed by atoms with E-state index in [9.17, 15) is 35.5 Å². The highest BCUT2D eigenvalue weighted by atomic mass is 32.2. The van der Waals surface area contributed by atoms with Gasteiger partial charge in [0, 0.05) is 0 Å². The number of unbranched alkanes of at least 4 members (excludes halogenated alkanes) is 2. The van der Waals surface area contributed by atoms with Gasteiger partial charge in [-0.2, -0.15) is 0 Å². The van der Waals surface area contributed by atoms with Crippen molar-refractivity contribution in [3.8, 4) is 34.5 Å². The Bertz CT molecular complexity index is 2430. The Balaban J connectivity index is 0.862. The largest absolute Gasteiger partial charge is 0.508 e. The fourth-order valence-corrected chi connectivity index (χ4v) is 9.47. The van der Waals surface area contributed by atoms with Crippen molar-refractivity contribution in [2.75, 3.05) is 26.4 Å². The lowest BCUT2D eigenvalue weighted by Crippen LogP contribution is -2.05. The topological polar surface area (TPSA) is 180 Å². The molecule has 2 N–H and O–H groups in total. The quantitative estimate of drug-likeness (QED) is 0.0707. The third-order valence-electron chi connectivity index (χ3n) is 8.98. The van der Waals surface area contributed by atoms with Crippen molar-refractivity contribution in [1.82, 2.24) is 0 Å². The minimum atomic E-state index is -3.77. The summed E-state index contributed by atoms with van der Waals surface area (Å²) in [5.74, 6) is 2.08. The van der Waals surface area contributed by atoms with Crippen LogP contribution in [0.15, 0.2) is 175 Å². The normalized spacial score (nSPS) is 11.8. The second kappa shape index (κ2) is 19.1. The molecule has 12 nitrogen and oxygen atoms in total. The van der Waals surface area contributed by atoms with Gasteiger partial charge in [-0.25, -0.2) is 25.3 Å². The van der Waals surface area contributed by atoms with Gasteiger partial charge in [-0.15, -0.1) is 0 Å². The van der Waals surface area contributed by atoms with Crippen LogP contribution < -0.4 is 18.9 Å². The predicted octanol–water partition coefficient (Wildman–Crippen LogP) is 8.07. The highest BCUT2D eigenvalue weighted by molar-refractivity contribution is 7.92. The third kappa shape index (κ3) is 11.1. The van der Waals surface area contributed by atoms with E-state index in [1.807, 2.05) is 0 Å². The summed E-state index contributed by atoms with van der Waals surface area (Å²) in [6, 6.07) is 35.4. The van der Waals surface area contributed by atoms with Gasteiger partial charge in [0.2, 0.25) is 29.5 Å². The molecule has 59 heavy (non-hydrogen) atoms. The van der Waals surface area contributed by atoms with Gasteiger partial charge in [0.1, 0.15) is 34.5 Å². The molecule has 0 amide bonds. The molecule has 0 fully saturated rings. The van der Waals surface area contributed by atoms with Crippen LogP contribution in [0.3, 0.4) is 0 Å². The highest BCUT2D eigenvalue weighted by Gasteiger charge is 2.20. The maximum Gasteiger partial charge on any atom is 0.206 e. The molecule has 0 radical (unpaired) electrons. The van der Waals surface area contributed by atoms with E-state index in [1.54, 1.807) is 48.5 Å². The molecule has 0 aliphatic carbocycles. The molecular weight excluding hydrogens is 817 g/mol. The summed E-state index contributed by atoms with van der Waals surface area (Å²) in [5.41, 5.74) is 0. The van der Waals surface area contributed by atoms with E-state index in [1.165, 1.54) is 97.1 Å². The summed E-state index contributed by atoms with van der Waals surface area (Å²) in [5, 5.41) is 18.9. The Morgan fingerprint density at radius 1 is 0.288 bits per heavy atom. The molecule has 0 heterocycles. The number of aromatic hydroxyl groups is 2. The number of phenols is 2. The van der Waals surface area contributed by atoms with E-state index < -0.39 is 29.5 Å². The summed E-state index contributed by atoms with van der Waals surface area (Å²) in [7, 11) is -11.2. The zero-order valence-corrected chi connectivity index (χ0v) is 34.2. The van der Waals surface area contributed by atoms with Crippen molar-refractivity contribution < 1.29 is 54.4 Å². The lowest BCUT2D eigenvalue weighted by atomic mass is 10.3. The minimum Gasteiger partial charge on any atom is -0.508 e. The van der Waals surface area contributed by atoms with E-state index in [4.69, 9.17) is 18.9 Å². The molecule has 6 aromatic carbocycles. The average Bonchev–Trinajstić information content (AvgIpc) is 3.24. The second-order valence-electron chi connectivity index (χ2n) is 13.2. The smallest absolute Gasteiger partial charge is 0.206 e. The van der Waals surface area contributed by atoms with Gasteiger partial charge >= 0.3 is 0 Å². The van der Waals surface area contributed by atoms with E-state index in [0.29, 0.717) is 75.1 Å². The van der Waals surface area contributed by atoms with E-state index in [2.05, 4.69) is 0 Å². The standard InChI is InChI=1S/C44H42O12S3/c45-33-5-17-39(18-6-33)57(47,48)41-21-9-35(10-22-41)53-29-1-3-31-55-37-13-25-43(26-14-37)59(51,52)44-27-15-38(16-28-44)56-32-4-2-30-54-36-11-23-42(24-12-36)58(49,50)40-19-7-34(46)8-20-40/h5-28,45-46H,1-4,29-32H2. The SMILES string of the molecule is O=S(=O)(c1ccc(O)cc1)c1ccc(OCCCCOc2ccc(S(=O)(=O)c3ccc(OCCCCOc4ccc(S(=O)(=O)c5ccc(O)cc5)cc4)cc3)cc2)cc1. The van der Waals surface area contributed by atoms with Crippen LogP contribution in [0, 0.1) is 0 Å². The Morgan fingerprint density at radius 2 is 0.458 bits per heavy atom. The molecule has 6 aromatic rings. The zero-order valence-electron chi connectivity index (χ0n) is 31.7. The molecule has 0 unspecified atom stereocenters. The van der Waals surface area contributed by atoms with Crippen molar-refractivity contribution in [2.45, 2.75) is 55.1 Å². The molecule has 15 heteroatoms. The number of hydrogen-bond donors (Lipinski definition) is 2. The first kappa shape index (κ1) is 42.6. The molecule has 0 atom stereocenters. The van der Waals surface area contributed by atoms with Crippen molar-refractivity contribution in [3.63, 3.8) is 0 Å². The second-order valence-corrected chi connectivity index (χ2v) is 19.0. The highest BCUT2D eigenvalue weighted by Crippen LogP contribution is 2.28. The van der Waals surface area contributed by atoms with Crippen LogP contribution >= 0.6 is 0 Å². The van der Waals surface area contributed by atoms with Crippen LogP contribution in [0.2, 0.25) is 0 Å². The van der Waals surface area contributed by atoms with Crippen LogP contribution in [0.4, 0.5) is 0 Å². The fraction of sp³-hybridized carbons (Fsp3) is 0.182. The van der Waals surface area contributed by atoms with Gasteiger partial charge < -0.3 is 29.2 Å². The molecule has 0 aliphatic heterocycles. The molecule has 0 saturated carbocycles. The molecule has 0 spiro atoms. The minimum absolute atomic E-state index is 0.0158. The monoisotopic (exact) mass is 858 g/mol. The van der Waals surface area contributed by atoms with Crippen LogP contribution in [0.25, 0.3) is 0 Å². The lowest BCUT2D eigenvalue weighted by molar-refractivity contribution is 0.266. The van der Waals surface area contributed by atoms with Crippen LogP contribution in [-0.4, -0.2) is 61.9 Å². The average molecular weight is 859 g/mol. The summed E-state index contributed by atoms with van der Waals surface area (Å²) in [4.78, 5) is 0.659. The molecule has 0 saturated heterocycles. The first-order valence-electron chi connectivity index (χ1n) is 18.6. The molecule has 6 rings (SSSR count). The summed E-state index contributed by atoms with van der Waals surface area (Å²) >= 11 is 0.